The molecule has 12 nitrogen and oxygen atoms in total. The van der Waals surface area contributed by atoms with Gasteiger partial charge in [-0.15, -0.1) is 0 Å². The van der Waals surface area contributed by atoms with E-state index in [1.54, 1.807) is 20.4 Å². The zero-order chi connectivity index (χ0) is 33.5. The molecule has 1 aromatic heterocycles. The van der Waals surface area contributed by atoms with Gasteiger partial charge in [0, 0.05) is 89.8 Å². The van der Waals surface area contributed by atoms with Crippen LogP contribution in [0.3, 0.4) is 0 Å². The Labute approximate surface area is 286 Å². The van der Waals surface area contributed by atoms with Crippen LogP contribution in [0.2, 0.25) is 0 Å². The number of hydrogen-bond donors (Lipinski definition) is 1. The van der Waals surface area contributed by atoms with Crippen molar-refractivity contribution in [3.05, 3.63) is 46.1 Å². The summed E-state index contributed by atoms with van der Waals surface area (Å²) in [4.78, 5) is 18.8. The first-order chi connectivity index (χ1) is 22.4. The van der Waals surface area contributed by atoms with Crippen LogP contribution >= 0.6 is 15.9 Å². The summed E-state index contributed by atoms with van der Waals surface area (Å²) in [5.41, 5.74) is 5.25. The minimum atomic E-state index is -3.52. The Morgan fingerprint density at radius 1 is 1.04 bits per heavy atom. The van der Waals surface area contributed by atoms with E-state index in [1.165, 1.54) is 16.2 Å². The molecule has 0 atom stereocenters. The van der Waals surface area contributed by atoms with Gasteiger partial charge in [0.2, 0.25) is 16.0 Å². The number of fused-ring (bicyclic) bond motifs is 1. The van der Waals surface area contributed by atoms with Gasteiger partial charge in [0.1, 0.15) is 11.5 Å². The molecule has 0 bridgehead atoms. The first kappa shape index (κ1) is 33.6. The molecule has 2 saturated heterocycles. The molecule has 6 rings (SSSR count). The van der Waals surface area contributed by atoms with Crippen LogP contribution in [0.15, 0.2) is 34.9 Å². The molecule has 3 aromatic rings. The minimum Gasteiger partial charge on any atom is -0.494 e. The monoisotopic (exact) mass is 728 g/mol. The molecule has 2 aromatic carbocycles. The second kappa shape index (κ2) is 13.7. The topological polar surface area (TPSA) is 107 Å². The molecular formula is C33H45BrN8O4S. The molecule has 3 aliphatic rings. The number of sulfonamides is 1. The van der Waals surface area contributed by atoms with Crippen LogP contribution in [0.5, 0.6) is 11.5 Å². The maximum absolute atomic E-state index is 12.6. The average molecular weight is 730 g/mol. The van der Waals surface area contributed by atoms with Gasteiger partial charge in [0.05, 0.1) is 41.5 Å². The molecule has 254 valence electrons. The van der Waals surface area contributed by atoms with Gasteiger partial charge in [-0.25, -0.2) is 13.4 Å². The quantitative estimate of drug-likeness (QED) is 0.334. The average Bonchev–Trinajstić information content (AvgIpc) is 3.52. The summed E-state index contributed by atoms with van der Waals surface area (Å²) in [7, 11) is 3.77. The number of nitrogens with one attached hydrogen (secondary N) is 1. The van der Waals surface area contributed by atoms with Crippen LogP contribution in [0.25, 0.3) is 0 Å². The van der Waals surface area contributed by atoms with Gasteiger partial charge in [0.25, 0.3) is 0 Å². The lowest BCUT2D eigenvalue weighted by Crippen LogP contribution is -2.52. The number of aromatic nitrogens is 2. The van der Waals surface area contributed by atoms with Crippen molar-refractivity contribution in [2.75, 3.05) is 99.8 Å². The van der Waals surface area contributed by atoms with Crippen molar-refractivity contribution in [2.24, 2.45) is 0 Å². The Morgan fingerprint density at radius 2 is 1.77 bits per heavy atom. The third-order valence-electron chi connectivity index (χ3n) is 9.65. The van der Waals surface area contributed by atoms with Crippen LogP contribution in [0.4, 0.5) is 34.5 Å². The highest BCUT2D eigenvalue weighted by atomic mass is 79.9. The maximum atomic E-state index is 12.6. The molecule has 2 fully saturated rings. The Kier molecular flexibility index (Phi) is 9.75. The molecule has 0 unspecified atom stereocenters. The number of benzene rings is 2. The van der Waals surface area contributed by atoms with Gasteiger partial charge in [0.15, 0.2) is 5.82 Å². The fourth-order valence-corrected chi connectivity index (χ4v) is 7.69. The number of nitrogens with zero attached hydrogens (tertiary/aromatic N) is 7. The SMILES string of the molecule is COc1cc(N2CCC(N3CCN(C)CC3)CC2)c(C)cc1Nc1ncc(Br)c(N(C)c2cc3c(cc2N(C)S(C)(=O)=O)CCO3)n1. The summed E-state index contributed by atoms with van der Waals surface area (Å²) in [6.07, 6.45) is 5.92. The number of halogens is 1. The lowest BCUT2D eigenvalue weighted by atomic mass is 10.0. The van der Waals surface area contributed by atoms with Gasteiger partial charge in [-0.05, 0) is 66.0 Å². The van der Waals surface area contributed by atoms with Gasteiger partial charge < -0.3 is 29.5 Å². The van der Waals surface area contributed by atoms with Crippen LogP contribution in [0, 0.1) is 6.92 Å². The van der Waals surface area contributed by atoms with E-state index < -0.39 is 10.0 Å². The number of methoxy groups -OCH3 is 1. The fraction of sp³-hybridized carbons (Fsp3) is 0.515. The van der Waals surface area contributed by atoms with Crippen molar-refractivity contribution in [3.8, 4) is 11.5 Å². The molecule has 1 N–H and O–H groups in total. The van der Waals surface area contributed by atoms with Crippen molar-refractivity contribution in [2.45, 2.75) is 32.2 Å². The lowest BCUT2D eigenvalue weighted by Gasteiger charge is -2.43. The lowest BCUT2D eigenvalue weighted by molar-refractivity contribution is 0.0982. The summed E-state index contributed by atoms with van der Waals surface area (Å²) in [6, 6.07) is 8.61. The summed E-state index contributed by atoms with van der Waals surface area (Å²) in [5.74, 6) is 2.38. The van der Waals surface area contributed by atoms with Crippen LogP contribution in [-0.2, 0) is 16.4 Å². The highest BCUT2D eigenvalue weighted by Crippen LogP contribution is 2.43. The highest BCUT2D eigenvalue weighted by Gasteiger charge is 2.29. The highest BCUT2D eigenvalue weighted by molar-refractivity contribution is 9.10. The number of ether oxygens (including phenoxy) is 2. The molecular weight excluding hydrogens is 684 g/mol. The van der Waals surface area contributed by atoms with Crippen LogP contribution < -0.4 is 28.9 Å². The fourth-order valence-electron chi connectivity index (χ4n) is 6.73. The number of piperidine rings is 1. The van der Waals surface area contributed by atoms with Crippen LogP contribution in [-0.4, -0.2) is 115 Å². The first-order valence-electron chi connectivity index (χ1n) is 16.1. The Hall–Kier alpha value is -3.33. The summed E-state index contributed by atoms with van der Waals surface area (Å²) in [5, 5.41) is 3.37. The van der Waals surface area contributed by atoms with E-state index >= 15 is 0 Å². The third-order valence-corrected chi connectivity index (χ3v) is 11.4. The van der Waals surface area contributed by atoms with E-state index in [0.29, 0.717) is 46.0 Å². The molecule has 0 spiro atoms. The van der Waals surface area contributed by atoms with E-state index in [0.717, 1.165) is 81.1 Å². The molecule has 3 aliphatic heterocycles. The Morgan fingerprint density at radius 3 is 2.45 bits per heavy atom. The predicted molar refractivity (Wildman–Crippen MR) is 192 cm³/mol. The van der Waals surface area contributed by atoms with E-state index in [4.69, 9.17) is 14.5 Å². The Balaban J connectivity index is 1.23. The van der Waals surface area contributed by atoms with E-state index in [9.17, 15) is 8.42 Å². The molecule has 0 aliphatic carbocycles. The predicted octanol–water partition coefficient (Wildman–Crippen LogP) is 4.61. The van der Waals surface area contributed by atoms with Gasteiger partial charge in [-0.3, -0.25) is 9.21 Å². The zero-order valence-electron chi connectivity index (χ0n) is 28.1. The van der Waals surface area contributed by atoms with Crippen molar-refractivity contribution in [1.29, 1.82) is 0 Å². The maximum Gasteiger partial charge on any atom is 0.232 e. The largest absolute Gasteiger partial charge is 0.494 e. The number of piperazine rings is 1. The molecule has 0 amide bonds. The summed E-state index contributed by atoms with van der Waals surface area (Å²) >= 11 is 3.61. The number of likely N-dealkylation sites (N-methyl/N-ethyl adjacent to an activating group) is 1. The van der Waals surface area contributed by atoms with Crippen LogP contribution in [0.1, 0.15) is 24.0 Å². The second-order valence-electron chi connectivity index (χ2n) is 12.7. The smallest absolute Gasteiger partial charge is 0.232 e. The molecule has 14 heteroatoms. The molecule has 0 saturated carbocycles. The Bertz CT molecular complexity index is 1730. The standard InChI is InChI=1S/C33H45BrN8O4S/c1-22-17-26(31(45-5)19-27(22)42-10-7-24(8-11-42)41-14-12-38(2)13-15-41)36-33-35-21-25(34)32(37-33)39(3)28-20-30-23(9-16-46-30)18-29(28)40(4)47(6,43)44/h17-21,24H,7-16H2,1-6H3,(H,35,36,37). The zero-order valence-corrected chi connectivity index (χ0v) is 30.5. The van der Waals surface area contributed by atoms with Crippen molar-refractivity contribution in [1.82, 2.24) is 19.8 Å². The summed E-state index contributed by atoms with van der Waals surface area (Å²) in [6.45, 7) is 9.34. The summed E-state index contributed by atoms with van der Waals surface area (Å²) < 4.78 is 38.8. The van der Waals surface area contributed by atoms with E-state index in [2.05, 4.69) is 67.0 Å². The number of anilines is 6. The van der Waals surface area contributed by atoms with Crippen molar-refractivity contribution < 1.29 is 17.9 Å². The number of hydrogen-bond acceptors (Lipinski definition) is 11. The van der Waals surface area contributed by atoms with Gasteiger partial charge in [-0.1, -0.05) is 0 Å². The minimum absolute atomic E-state index is 0.379. The van der Waals surface area contributed by atoms with E-state index in [-0.39, 0.29) is 0 Å². The van der Waals surface area contributed by atoms with Gasteiger partial charge >= 0.3 is 0 Å². The molecule has 4 heterocycles. The third kappa shape index (κ3) is 7.10. The van der Waals surface area contributed by atoms with Crippen molar-refractivity contribution >= 4 is 60.5 Å². The first-order valence-corrected chi connectivity index (χ1v) is 18.7. The van der Waals surface area contributed by atoms with Gasteiger partial charge in [-0.2, -0.15) is 4.98 Å². The second-order valence-corrected chi connectivity index (χ2v) is 15.6. The molecule has 0 radical (unpaired) electrons. The number of rotatable bonds is 9. The number of aryl methyl sites for hydroxylation is 1. The molecule has 47 heavy (non-hydrogen) atoms. The normalized spacial score (nSPS) is 17.7. The van der Waals surface area contributed by atoms with E-state index in [1.807, 2.05) is 24.1 Å². The van der Waals surface area contributed by atoms with Crippen molar-refractivity contribution in [3.63, 3.8) is 0 Å².